The van der Waals surface area contributed by atoms with Crippen LogP contribution in [0.3, 0.4) is 0 Å². The second-order valence-corrected chi connectivity index (χ2v) is 9.30. The zero-order valence-electron chi connectivity index (χ0n) is 21.1. The number of rotatable bonds is 6. The molecule has 0 amide bonds. The van der Waals surface area contributed by atoms with Crippen molar-refractivity contribution in [2.45, 2.75) is 13.8 Å². The summed E-state index contributed by atoms with van der Waals surface area (Å²) in [6, 6.07) is 43.4. The summed E-state index contributed by atoms with van der Waals surface area (Å²) in [6.07, 6.45) is 4.33. The first kappa shape index (κ1) is 23.4. The molecule has 0 heterocycles. The fourth-order valence-corrected chi connectivity index (χ4v) is 4.55. The Labute approximate surface area is 215 Å². The largest absolute Gasteiger partial charge is 0.344 e. The molecule has 1 nitrogen and oxygen atoms in total. The Morgan fingerprint density at radius 3 is 1.61 bits per heavy atom. The van der Waals surface area contributed by atoms with Crippen LogP contribution in [0, 0.1) is 13.8 Å². The van der Waals surface area contributed by atoms with Crippen LogP contribution in [0.4, 0.5) is 11.4 Å². The number of hydrogen-bond acceptors (Lipinski definition) is 1. The van der Waals surface area contributed by atoms with Gasteiger partial charge in [-0.15, -0.1) is 0 Å². The van der Waals surface area contributed by atoms with Crippen LogP contribution < -0.4 is 4.90 Å². The quantitative estimate of drug-likeness (QED) is 0.226. The predicted octanol–water partition coefficient (Wildman–Crippen LogP) is 9.58. The first-order valence-corrected chi connectivity index (χ1v) is 12.4. The van der Waals surface area contributed by atoms with E-state index in [1.54, 1.807) is 0 Å². The van der Waals surface area contributed by atoms with Crippen molar-refractivity contribution in [2.75, 3.05) is 11.9 Å². The molecule has 0 fully saturated rings. The maximum absolute atomic E-state index is 2.26. The highest BCUT2D eigenvalue weighted by Crippen LogP contribution is 2.35. The van der Waals surface area contributed by atoms with Gasteiger partial charge in [0.2, 0.25) is 0 Å². The van der Waals surface area contributed by atoms with Crippen LogP contribution in [-0.2, 0) is 0 Å². The molecule has 0 spiro atoms. The lowest BCUT2D eigenvalue weighted by Crippen LogP contribution is -2.10. The second-order valence-electron chi connectivity index (χ2n) is 9.30. The number of anilines is 2. The molecule has 0 aromatic heterocycles. The third-order valence-corrected chi connectivity index (χ3v) is 6.74. The number of hydrogen-bond donors (Lipinski definition) is 0. The highest BCUT2D eigenvalue weighted by atomic mass is 15.1. The minimum absolute atomic E-state index is 1.16. The van der Waals surface area contributed by atoms with Crippen molar-refractivity contribution in [2.24, 2.45) is 0 Å². The van der Waals surface area contributed by atoms with Gasteiger partial charge in [0.1, 0.15) is 0 Å². The summed E-state index contributed by atoms with van der Waals surface area (Å²) in [7, 11) is 2.14. The molecular weight excluding hydrogens is 434 g/mol. The van der Waals surface area contributed by atoms with Crippen molar-refractivity contribution in [1.29, 1.82) is 0 Å². The molecule has 0 radical (unpaired) electrons. The molecule has 0 atom stereocenters. The van der Waals surface area contributed by atoms with Crippen LogP contribution in [0.15, 0.2) is 121 Å². The van der Waals surface area contributed by atoms with Crippen LogP contribution in [0.5, 0.6) is 0 Å². The van der Waals surface area contributed by atoms with Gasteiger partial charge in [-0.2, -0.15) is 0 Å². The lowest BCUT2D eigenvalue weighted by atomic mass is 9.96. The Kier molecular flexibility index (Phi) is 6.82. The Balaban J connectivity index is 1.37. The van der Waals surface area contributed by atoms with Gasteiger partial charge in [-0.25, -0.2) is 0 Å². The van der Waals surface area contributed by atoms with Crippen molar-refractivity contribution in [3.8, 4) is 22.3 Å². The highest BCUT2D eigenvalue weighted by molar-refractivity contribution is 5.83. The summed E-state index contributed by atoms with van der Waals surface area (Å²) in [5.41, 5.74) is 12.3. The molecule has 5 aromatic carbocycles. The van der Waals surface area contributed by atoms with Crippen molar-refractivity contribution in [3.05, 3.63) is 144 Å². The van der Waals surface area contributed by atoms with E-state index < -0.39 is 0 Å². The predicted molar refractivity (Wildman–Crippen MR) is 157 cm³/mol. The second kappa shape index (κ2) is 10.5. The maximum atomic E-state index is 2.26. The summed E-state index contributed by atoms with van der Waals surface area (Å²) in [5.74, 6) is 0. The van der Waals surface area contributed by atoms with E-state index in [4.69, 9.17) is 0 Å². The minimum atomic E-state index is 1.16. The smallest absolute Gasteiger partial charge is 0.0487 e. The number of nitrogens with zero attached hydrogens (tertiary/aromatic N) is 1. The molecule has 1 heteroatoms. The van der Waals surface area contributed by atoms with Gasteiger partial charge in [0, 0.05) is 24.0 Å². The van der Waals surface area contributed by atoms with Gasteiger partial charge in [-0.3, -0.25) is 0 Å². The van der Waals surface area contributed by atoms with Crippen LogP contribution in [0.2, 0.25) is 0 Å². The number of benzene rings is 5. The first-order chi connectivity index (χ1) is 17.6. The third kappa shape index (κ3) is 5.16. The van der Waals surface area contributed by atoms with Crippen LogP contribution >= 0.6 is 0 Å². The lowest BCUT2D eigenvalue weighted by molar-refractivity contribution is 1.21. The van der Waals surface area contributed by atoms with Crippen molar-refractivity contribution < 1.29 is 0 Å². The summed E-state index contributed by atoms with van der Waals surface area (Å²) in [6.45, 7) is 4.28. The molecule has 0 aliphatic heterocycles. The van der Waals surface area contributed by atoms with Crippen LogP contribution in [0.25, 0.3) is 34.4 Å². The molecule has 0 unspecified atom stereocenters. The van der Waals surface area contributed by atoms with Crippen LogP contribution in [0.1, 0.15) is 22.3 Å². The van der Waals surface area contributed by atoms with E-state index in [0.29, 0.717) is 0 Å². The maximum Gasteiger partial charge on any atom is 0.0487 e. The molecule has 0 N–H and O–H groups in total. The molecule has 0 aliphatic rings. The monoisotopic (exact) mass is 465 g/mol. The zero-order chi connectivity index (χ0) is 24.9. The molecule has 0 saturated carbocycles. The third-order valence-electron chi connectivity index (χ3n) is 6.74. The summed E-state index contributed by atoms with van der Waals surface area (Å²) in [4.78, 5) is 2.26. The number of para-hydroxylation sites is 1. The van der Waals surface area contributed by atoms with Gasteiger partial charge < -0.3 is 4.90 Å². The Hall–Kier alpha value is -4.36. The van der Waals surface area contributed by atoms with E-state index in [1.165, 1.54) is 50.2 Å². The van der Waals surface area contributed by atoms with Gasteiger partial charge in [-0.1, -0.05) is 121 Å². The lowest BCUT2D eigenvalue weighted by Gasteiger charge is -2.23. The average Bonchev–Trinajstić information content (AvgIpc) is 2.93. The minimum Gasteiger partial charge on any atom is -0.344 e. The Morgan fingerprint density at radius 1 is 0.500 bits per heavy atom. The van der Waals surface area contributed by atoms with Crippen molar-refractivity contribution in [3.63, 3.8) is 0 Å². The zero-order valence-corrected chi connectivity index (χ0v) is 21.1. The van der Waals surface area contributed by atoms with E-state index in [1.807, 2.05) is 0 Å². The summed E-state index contributed by atoms with van der Waals surface area (Å²) in [5, 5.41) is 0. The Bertz CT molecular complexity index is 1470. The first-order valence-electron chi connectivity index (χ1n) is 12.4. The standard InChI is InChI=1S/C35H31N/c1-26-12-14-28(15-13-26)16-17-29-18-24-32(25-19-29)36(3)35-11-7-6-10-34(35)31-22-20-30(21-23-31)33-9-5-4-8-27(33)2/h4-25H,1-3H3/b17-16+. The van der Waals surface area contributed by atoms with E-state index in [-0.39, 0.29) is 0 Å². The molecule has 5 aromatic rings. The van der Waals surface area contributed by atoms with Crippen molar-refractivity contribution in [1.82, 2.24) is 0 Å². The average molecular weight is 466 g/mol. The van der Waals surface area contributed by atoms with E-state index >= 15 is 0 Å². The molecule has 36 heavy (non-hydrogen) atoms. The molecule has 0 aliphatic carbocycles. The molecule has 0 bridgehead atoms. The van der Waals surface area contributed by atoms with Crippen LogP contribution in [-0.4, -0.2) is 7.05 Å². The topological polar surface area (TPSA) is 3.24 Å². The van der Waals surface area contributed by atoms with Gasteiger partial charge in [0.25, 0.3) is 0 Å². The Morgan fingerprint density at radius 2 is 1.00 bits per heavy atom. The van der Waals surface area contributed by atoms with E-state index in [0.717, 1.165) is 5.69 Å². The van der Waals surface area contributed by atoms with Crippen molar-refractivity contribution >= 4 is 23.5 Å². The van der Waals surface area contributed by atoms with Gasteiger partial charge in [0.05, 0.1) is 0 Å². The van der Waals surface area contributed by atoms with Gasteiger partial charge in [0.15, 0.2) is 0 Å². The van der Waals surface area contributed by atoms with Gasteiger partial charge >= 0.3 is 0 Å². The van der Waals surface area contributed by atoms with E-state index in [9.17, 15) is 0 Å². The highest BCUT2D eigenvalue weighted by Gasteiger charge is 2.11. The normalized spacial score (nSPS) is 11.1. The number of aryl methyl sites for hydroxylation is 2. The molecule has 176 valence electrons. The summed E-state index contributed by atoms with van der Waals surface area (Å²) >= 11 is 0. The molecular formula is C35H31N. The summed E-state index contributed by atoms with van der Waals surface area (Å²) < 4.78 is 0. The SMILES string of the molecule is Cc1ccc(/C=C/c2ccc(N(C)c3ccccc3-c3ccc(-c4ccccc4C)cc3)cc2)cc1. The molecule has 0 saturated heterocycles. The molecule has 5 rings (SSSR count). The fourth-order valence-electron chi connectivity index (χ4n) is 4.55. The fraction of sp³-hybridized carbons (Fsp3) is 0.0857. The van der Waals surface area contributed by atoms with Gasteiger partial charge in [-0.05, 0) is 65.4 Å². The van der Waals surface area contributed by atoms with E-state index in [2.05, 4.69) is 159 Å².